The van der Waals surface area contributed by atoms with Gasteiger partial charge in [0.2, 0.25) is 0 Å². The average molecular weight is 445 g/mol. The molecular formula is C20H14CdNO4-. The third-order valence-electron chi connectivity index (χ3n) is 3.68. The number of carboxylic acid groups (broad SMARTS) is 2. The first-order valence-corrected chi connectivity index (χ1v) is 7.50. The van der Waals surface area contributed by atoms with Crippen LogP contribution in [0.1, 0.15) is 20.7 Å². The Morgan fingerprint density at radius 3 is 2.08 bits per heavy atom. The molecule has 0 saturated heterocycles. The molecule has 5 nitrogen and oxygen atoms in total. The Balaban J connectivity index is 0.000000181. The zero-order valence-corrected chi connectivity index (χ0v) is 17.8. The zero-order valence-electron chi connectivity index (χ0n) is 13.8. The number of hydrogen-bond acceptors (Lipinski definition) is 2. The predicted octanol–water partition coefficient (Wildman–Crippen LogP) is 4.20. The second kappa shape index (κ2) is 8.61. The number of benzene rings is 3. The first-order chi connectivity index (χ1) is 12.1. The van der Waals surface area contributed by atoms with Crippen LogP contribution in [0.4, 0.5) is 0 Å². The van der Waals surface area contributed by atoms with Gasteiger partial charge in [-0.1, -0.05) is 29.7 Å². The Morgan fingerprint density at radius 1 is 0.808 bits per heavy atom. The molecule has 0 aliphatic rings. The fourth-order valence-electron chi connectivity index (χ4n) is 2.50. The minimum atomic E-state index is -1.13. The zero-order chi connectivity index (χ0) is 17.8. The van der Waals surface area contributed by atoms with Gasteiger partial charge in [0.1, 0.15) is 0 Å². The Labute approximate surface area is 169 Å². The number of fused-ring (bicyclic) bond motifs is 3. The van der Waals surface area contributed by atoms with Crippen molar-refractivity contribution in [2.75, 3.05) is 0 Å². The first-order valence-electron chi connectivity index (χ1n) is 7.50. The number of rotatable bonds is 2. The monoisotopic (exact) mass is 446 g/mol. The molecule has 0 saturated carbocycles. The summed E-state index contributed by atoms with van der Waals surface area (Å²) in [6, 6.07) is 22.8. The molecular weight excluding hydrogens is 431 g/mol. The summed E-state index contributed by atoms with van der Waals surface area (Å²) in [7, 11) is 0. The Bertz CT molecular complexity index is 992. The second-order valence-corrected chi connectivity index (χ2v) is 5.32. The minimum Gasteiger partial charge on any atom is -0.478 e. The van der Waals surface area contributed by atoms with Gasteiger partial charge >= 0.3 is 11.9 Å². The molecule has 1 heterocycles. The summed E-state index contributed by atoms with van der Waals surface area (Å²) in [6.45, 7) is 0. The van der Waals surface area contributed by atoms with Gasteiger partial charge in [0.05, 0.1) is 11.1 Å². The minimum absolute atomic E-state index is 0. The molecule has 0 amide bonds. The number of carbonyl (C=O) groups is 2. The number of para-hydroxylation sites is 1. The summed E-state index contributed by atoms with van der Waals surface area (Å²) in [6.07, 6.45) is 0. The van der Waals surface area contributed by atoms with E-state index < -0.39 is 11.9 Å². The van der Waals surface area contributed by atoms with Crippen molar-refractivity contribution in [3.8, 4) is 0 Å². The molecule has 4 rings (SSSR count). The van der Waals surface area contributed by atoms with Gasteiger partial charge in [0, 0.05) is 27.3 Å². The van der Waals surface area contributed by atoms with Gasteiger partial charge in [-0.25, -0.2) is 9.59 Å². The Hall–Kier alpha value is -2.68. The largest absolute Gasteiger partial charge is 0.478 e. The van der Waals surface area contributed by atoms with Crippen LogP contribution in [-0.2, 0) is 27.3 Å². The van der Waals surface area contributed by atoms with Crippen LogP contribution >= 0.6 is 0 Å². The third-order valence-corrected chi connectivity index (χ3v) is 3.68. The van der Waals surface area contributed by atoms with Crippen molar-refractivity contribution >= 4 is 33.7 Å². The van der Waals surface area contributed by atoms with Gasteiger partial charge in [-0.05, 0) is 35.3 Å². The maximum Gasteiger partial charge on any atom is 0.335 e. The molecule has 1 aromatic heterocycles. The molecule has 126 valence electrons. The predicted molar refractivity (Wildman–Crippen MR) is 95.0 cm³/mol. The molecule has 0 bridgehead atoms. The van der Waals surface area contributed by atoms with Gasteiger partial charge < -0.3 is 15.2 Å². The second-order valence-electron chi connectivity index (χ2n) is 5.32. The van der Waals surface area contributed by atoms with E-state index in [9.17, 15) is 9.59 Å². The van der Waals surface area contributed by atoms with E-state index in [0.717, 1.165) is 11.6 Å². The molecule has 4 aromatic rings. The SMILES string of the molecule is O=C(O)c1cccc(C(=O)O)c1.[Cd].[c-]1cccc2[nH]c3ccccc3c12. The van der Waals surface area contributed by atoms with Gasteiger partial charge in [0.15, 0.2) is 0 Å². The number of carboxylic acids is 2. The van der Waals surface area contributed by atoms with Crippen molar-refractivity contribution in [2.45, 2.75) is 0 Å². The molecule has 0 fully saturated rings. The van der Waals surface area contributed by atoms with Crippen molar-refractivity contribution in [1.82, 2.24) is 4.98 Å². The van der Waals surface area contributed by atoms with Crippen molar-refractivity contribution in [3.63, 3.8) is 0 Å². The van der Waals surface area contributed by atoms with Gasteiger partial charge in [-0.15, -0.1) is 29.7 Å². The van der Waals surface area contributed by atoms with E-state index in [4.69, 9.17) is 10.2 Å². The molecule has 3 N–H and O–H groups in total. The van der Waals surface area contributed by atoms with Crippen LogP contribution in [0.5, 0.6) is 0 Å². The fraction of sp³-hybridized carbons (Fsp3) is 0. The molecule has 0 aliphatic heterocycles. The summed E-state index contributed by atoms with van der Waals surface area (Å²) in [5.74, 6) is -2.25. The number of H-pyrrole nitrogens is 1. The molecule has 0 atom stereocenters. The van der Waals surface area contributed by atoms with Crippen LogP contribution in [0, 0.1) is 6.07 Å². The fourth-order valence-corrected chi connectivity index (χ4v) is 2.50. The summed E-state index contributed by atoms with van der Waals surface area (Å²) in [5.41, 5.74) is 2.30. The van der Waals surface area contributed by atoms with E-state index >= 15 is 0 Å². The molecule has 0 spiro atoms. The average Bonchev–Trinajstić information content (AvgIpc) is 3.01. The number of hydrogen-bond donors (Lipinski definition) is 3. The Morgan fingerprint density at radius 2 is 1.42 bits per heavy atom. The molecule has 6 heteroatoms. The van der Waals surface area contributed by atoms with Crippen LogP contribution in [0.2, 0.25) is 0 Å². The first kappa shape index (κ1) is 19.6. The number of aromatic carboxylic acids is 2. The van der Waals surface area contributed by atoms with Crippen LogP contribution in [0.3, 0.4) is 0 Å². The molecule has 0 radical (unpaired) electrons. The molecule has 0 unspecified atom stereocenters. The third kappa shape index (κ3) is 4.29. The van der Waals surface area contributed by atoms with E-state index in [-0.39, 0.29) is 38.4 Å². The standard InChI is InChI=1S/C12H8N.C8H6O4.Cd/c1-3-7-11-9(5-1)10-6-2-4-8-12(10)13-11;9-7(10)5-2-1-3-6(4-5)8(11)12;/h1-5,7-8,13H;1-4H,(H,9,10)(H,11,12);/q-1;;. The van der Waals surface area contributed by atoms with E-state index in [1.807, 2.05) is 18.2 Å². The summed E-state index contributed by atoms with van der Waals surface area (Å²) >= 11 is 0. The van der Waals surface area contributed by atoms with E-state index in [2.05, 4.69) is 35.3 Å². The van der Waals surface area contributed by atoms with Crippen molar-refractivity contribution in [1.29, 1.82) is 0 Å². The summed E-state index contributed by atoms with van der Waals surface area (Å²) < 4.78 is 0. The van der Waals surface area contributed by atoms with E-state index in [0.29, 0.717) is 0 Å². The maximum absolute atomic E-state index is 10.4. The number of nitrogens with one attached hydrogen (secondary N) is 1. The van der Waals surface area contributed by atoms with Crippen LogP contribution < -0.4 is 0 Å². The van der Waals surface area contributed by atoms with Crippen molar-refractivity contribution < 1.29 is 47.1 Å². The number of aromatic nitrogens is 1. The maximum atomic E-state index is 10.4. The van der Waals surface area contributed by atoms with Crippen molar-refractivity contribution in [2.24, 2.45) is 0 Å². The summed E-state index contributed by atoms with van der Waals surface area (Å²) in [4.78, 5) is 24.1. The normalized spacial score (nSPS) is 9.85. The summed E-state index contributed by atoms with van der Waals surface area (Å²) in [5, 5.41) is 19.4. The topological polar surface area (TPSA) is 90.4 Å². The van der Waals surface area contributed by atoms with Crippen LogP contribution in [-0.4, -0.2) is 27.1 Å². The van der Waals surface area contributed by atoms with E-state index in [1.165, 1.54) is 34.5 Å². The molecule has 3 aromatic carbocycles. The van der Waals surface area contributed by atoms with Crippen LogP contribution in [0.25, 0.3) is 21.8 Å². The quantitative estimate of drug-likeness (QED) is 0.319. The van der Waals surface area contributed by atoms with Gasteiger partial charge in [0.25, 0.3) is 0 Å². The number of aromatic amines is 1. The molecule has 26 heavy (non-hydrogen) atoms. The van der Waals surface area contributed by atoms with Crippen LogP contribution in [0.15, 0.2) is 66.7 Å². The Kier molecular flexibility index (Phi) is 6.51. The molecule has 0 aliphatic carbocycles. The van der Waals surface area contributed by atoms with Crippen molar-refractivity contribution in [3.05, 3.63) is 83.9 Å². The van der Waals surface area contributed by atoms with Gasteiger partial charge in [-0.3, -0.25) is 0 Å². The smallest absolute Gasteiger partial charge is 0.335 e. The van der Waals surface area contributed by atoms with Gasteiger partial charge in [-0.2, -0.15) is 0 Å². The van der Waals surface area contributed by atoms with E-state index in [1.54, 1.807) is 0 Å².